The van der Waals surface area contributed by atoms with Gasteiger partial charge in [0.05, 0.1) is 6.61 Å². The summed E-state index contributed by atoms with van der Waals surface area (Å²) in [6.07, 6.45) is -4.39. The molecule has 14 heavy (non-hydrogen) atoms. The Balaban J connectivity index is 4.13. The van der Waals surface area contributed by atoms with E-state index in [1.165, 1.54) is 0 Å². The quantitative estimate of drug-likeness (QED) is 0.747. The molecule has 0 rings (SSSR count). The highest BCUT2D eigenvalue weighted by Crippen LogP contribution is 2.36. The van der Waals surface area contributed by atoms with Crippen LogP contribution in [0.5, 0.6) is 0 Å². The van der Waals surface area contributed by atoms with Gasteiger partial charge in [-0.2, -0.15) is 0 Å². The maximum atomic E-state index is 12.0. The van der Waals surface area contributed by atoms with Gasteiger partial charge in [0.1, 0.15) is 6.10 Å². The lowest BCUT2D eigenvalue weighted by Gasteiger charge is -2.36. The molecule has 0 aromatic carbocycles. The van der Waals surface area contributed by atoms with Gasteiger partial charge in [-0.1, -0.05) is 20.8 Å². The highest BCUT2D eigenvalue weighted by molar-refractivity contribution is 6.74. The third-order valence-electron chi connectivity index (χ3n) is 2.71. The van der Waals surface area contributed by atoms with Gasteiger partial charge in [-0.05, 0) is 18.1 Å². The Morgan fingerprint density at radius 2 is 1.71 bits per heavy atom. The van der Waals surface area contributed by atoms with E-state index in [1.807, 2.05) is 33.9 Å². The number of halogens is 2. The van der Waals surface area contributed by atoms with Crippen LogP contribution in [0.3, 0.4) is 0 Å². The average molecular weight is 226 g/mol. The first-order valence-electron chi connectivity index (χ1n) is 4.68. The number of hydrogen-bond acceptors (Lipinski definition) is 2. The van der Waals surface area contributed by atoms with Crippen LogP contribution < -0.4 is 0 Å². The lowest BCUT2D eigenvalue weighted by molar-refractivity contribution is -0.0310. The lowest BCUT2D eigenvalue weighted by atomic mass is 10.2. The number of aliphatic hydroxyl groups excluding tert-OH is 1. The largest absolute Gasteiger partial charge is 0.414 e. The van der Waals surface area contributed by atoms with Crippen molar-refractivity contribution >= 4 is 8.32 Å². The second-order valence-corrected chi connectivity index (χ2v) is 9.78. The first-order chi connectivity index (χ1) is 6.08. The second kappa shape index (κ2) is 4.68. The summed E-state index contributed by atoms with van der Waals surface area (Å²) in [6.45, 7) is 9.72. The molecular formula is C9H20F2O2Si. The third kappa shape index (κ3) is 4.02. The SMILES string of the molecule is CC(C)(C)[Si](C)(C)OCC(O)C(F)F. The Kier molecular flexibility index (Phi) is 4.68. The molecule has 1 unspecified atom stereocenters. The first-order valence-corrected chi connectivity index (χ1v) is 7.59. The van der Waals surface area contributed by atoms with Crippen LogP contribution in [-0.2, 0) is 4.43 Å². The molecule has 1 atom stereocenters. The van der Waals surface area contributed by atoms with Gasteiger partial charge < -0.3 is 9.53 Å². The fourth-order valence-corrected chi connectivity index (χ4v) is 1.60. The summed E-state index contributed by atoms with van der Waals surface area (Å²) in [4.78, 5) is 0. The number of rotatable bonds is 4. The van der Waals surface area contributed by atoms with Crippen molar-refractivity contribution in [1.82, 2.24) is 0 Å². The molecular weight excluding hydrogens is 206 g/mol. The minimum Gasteiger partial charge on any atom is -0.414 e. The van der Waals surface area contributed by atoms with E-state index in [1.54, 1.807) is 0 Å². The molecule has 0 amide bonds. The predicted molar refractivity (Wildman–Crippen MR) is 55.2 cm³/mol. The Bertz CT molecular complexity index is 178. The zero-order chi connectivity index (χ0) is 11.6. The van der Waals surface area contributed by atoms with Crippen molar-refractivity contribution in [3.05, 3.63) is 0 Å². The van der Waals surface area contributed by atoms with E-state index in [0.717, 1.165) is 0 Å². The molecule has 0 saturated carbocycles. The first kappa shape index (κ1) is 14.0. The van der Waals surface area contributed by atoms with Crippen molar-refractivity contribution in [2.24, 2.45) is 0 Å². The Labute approximate surface area is 85.4 Å². The molecule has 0 bridgehead atoms. The van der Waals surface area contributed by atoms with E-state index in [9.17, 15) is 8.78 Å². The van der Waals surface area contributed by atoms with Gasteiger partial charge >= 0.3 is 0 Å². The highest BCUT2D eigenvalue weighted by Gasteiger charge is 2.38. The number of alkyl halides is 2. The van der Waals surface area contributed by atoms with Gasteiger partial charge in [0.25, 0.3) is 6.43 Å². The zero-order valence-corrected chi connectivity index (χ0v) is 10.5. The molecule has 0 aromatic heterocycles. The molecule has 0 aliphatic rings. The maximum Gasteiger partial charge on any atom is 0.266 e. The van der Waals surface area contributed by atoms with Crippen LogP contribution in [0.15, 0.2) is 0 Å². The fourth-order valence-electron chi connectivity index (χ4n) is 0.583. The Morgan fingerprint density at radius 1 is 1.29 bits per heavy atom. The van der Waals surface area contributed by atoms with Crippen LogP contribution >= 0.6 is 0 Å². The van der Waals surface area contributed by atoms with Crippen LogP contribution in [0.4, 0.5) is 8.78 Å². The highest BCUT2D eigenvalue weighted by atomic mass is 28.4. The standard InChI is InChI=1S/C9H20F2O2Si/c1-9(2,3)14(4,5)13-6-7(12)8(10)11/h7-8,12H,6H2,1-5H3. The summed E-state index contributed by atoms with van der Waals surface area (Å²) in [5.74, 6) is 0. The molecule has 5 heteroatoms. The van der Waals surface area contributed by atoms with Gasteiger partial charge in [-0.15, -0.1) is 0 Å². The third-order valence-corrected chi connectivity index (χ3v) is 7.21. The molecule has 0 aliphatic heterocycles. The summed E-state index contributed by atoms with van der Waals surface area (Å²) in [5.41, 5.74) is 0. The lowest BCUT2D eigenvalue weighted by Crippen LogP contribution is -2.43. The number of hydrogen-bond donors (Lipinski definition) is 1. The molecule has 0 aromatic rings. The minimum atomic E-state index is -2.72. The van der Waals surface area contributed by atoms with E-state index < -0.39 is 20.8 Å². The van der Waals surface area contributed by atoms with Gasteiger partial charge in [0.2, 0.25) is 0 Å². The van der Waals surface area contributed by atoms with Gasteiger partial charge in [0.15, 0.2) is 8.32 Å². The van der Waals surface area contributed by atoms with Crippen molar-refractivity contribution < 1.29 is 18.3 Å². The molecule has 0 fully saturated rings. The topological polar surface area (TPSA) is 29.5 Å². The van der Waals surface area contributed by atoms with Crippen molar-refractivity contribution in [1.29, 1.82) is 0 Å². The number of aliphatic hydroxyl groups is 1. The summed E-state index contributed by atoms with van der Waals surface area (Å²) in [7, 11) is -2.01. The van der Waals surface area contributed by atoms with Crippen LogP contribution in [0.2, 0.25) is 18.1 Å². The van der Waals surface area contributed by atoms with Gasteiger partial charge in [0, 0.05) is 0 Å². The Morgan fingerprint density at radius 3 is 2.00 bits per heavy atom. The summed E-state index contributed by atoms with van der Waals surface area (Å²) < 4.78 is 29.4. The maximum absolute atomic E-state index is 12.0. The van der Waals surface area contributed by atoms with Crippen molar-refractivity contribution in [3.63, 3.8) is 0 Å². The molecule has 2 nitrogen and oxygen atoms in total. The van der Waals surface area contributed by atoms with Gasteiger partial charge in [-0.3, -0.25) is 0 Å². The molecule has 0 saturated heterocycles. The molecule has 1 N–H and O–H groups in total. The minimum absolute atomic E-state index is 0.0190. The molecule has 0 heterocycles. The smallest absolute Gasteiger partial charge is 0.266 e. The van der Waals surface area contributed by atoms with Crippen LogP contribution in [0.1, 0.15) is 20.8 Å². The summed E-state index contributed by atoms with van der Waals surface area (Å²) in [6, 6.07) is 0. The Hall–Kier alpha value is -0.00312. The van der Waals surface area contributed by atoms with E-state index in [4.69, 9.17) is 9.53 Å². The molecule has 0 aliphatic carbocycles. The monoisotopic (exact) mass is 226 g/mol. The second-order valence-electron chi connectivity index (χ2n) is 4.97. The normalized spacial score (nSPS) is 16.1. The van der Waals surface area contributed by atoms with E-state index in [2.05, 4.69) is 0 Å². The molecule has 86 valence electrons. The zero-order valence-electron chi connectivity index (χ0n) is 9.47. The van der Waals surface area contributed by atoms with Crippen molar-refractivity contribution in [2.75, 3.05) is 6.61 Å². The van der Waals surface area contributed by atoms with E-state index >= 15 is 0 Å². The van der Waals surface area contributed by atoms with E-state index in [0.29, 0.717) is 0 Å². The predicted octanol–water partition coefficient (Wildman–Crippen LogP) is 2.63. The van der Waals surface area contributed by atoms with Gasteiger partial charge in [-0.25, -0.2) is 8.78 Å². The fraction of sp³-hybridized carbons (Fsp3) is 1.00. The average Bonchev–Trinajstić information content (AvgIpc) is 1.97. The molecule has 0 spiro atoms. The molecule has 0 radical (unpaired) electrons. The summed E-state index contributed by atoms with van der Waals surface area (Å²) in [5, 5.41) is 8.88. The van der Waals surface area contributed by atoms with Crippen LogP contribution in [0, 0.1) is 0 Å². The van der Waals surface area contributed by atoms with E-state index in [-0.39, 0.29) is 11.6 Å². The van der Waals surface area contributed by atoms with Crippen molar-refractivity contribution in [3.8, 4) is 0 Å². The van der Waals surface area contributed by atoms with Crippen LogP contribution in [0.25, 0.3) is 0 Å². The van der Waals surface area contributed by atoms with Crippen molar-refractivity contribution in [2.45, 2.75) is 51.4 Å². The summed E-state index contributed by atoms with van der Waals surface area (Å²) >= 11 is 0. The van der Waals surface area contributed by atoms with Crippen LogP contribution in [-0.4, -0.2) is 32.6 Å².